The standard InChI is InChI=1S/C14H15NO4/c1-2-10(12-7-4-8-19-12)15-14(18)9-5-3-6-11(16)13(9)17/h1,3,5-6,10,12,16-17H,4,7-8H2,(H,15,18)/t10-,12+/m1/s1. The van der Waals surface area contributed by atoms with Gasteiger partial charge in [0.25, 0.3) is 5.91 Å². The highest BCUT2D eigenvalue weighted by molar-refractivity contribution is 5.98. The number of phenols is 2. The van der Waals surface area contributed by atoms with Crippen LogP contribution in [-0.2, 0) is 4.74 Å². The molecule has 1 aromatic carbocycles. The van der Waals surface area contributed by atoms with Crippen molar-refractivity contribution in [1.82, 2.24) is 5.32 Å². The number of terminal acetylenes is 1. The Morgan fingerprint density at radius 1 is 1.53 bits per heavy atom. The van der Waals surface area contributed by atoms with Crippen molar-refractivity contribution in [3.63, 3.8) is 0 Å². The number of amides is 1. The average molecular weight is 261 g/mol. The molecule has 0 saturated carbocycles. The number of carbonyl (C=O) groups excluding carboxylic acids is 1. The summed E-state index contributed by atoms with van der Waals surface area (Å²) in [6.45, 7) is 0.635. The van der Waals surface area contributed by atoms with E-state index in [2.05, 4.69) is 11.2 Å². The van der Waals surface area contributed by atoms with Gasteiger partial charge in [-0.15, -0.1) is 6.42 Å². The van der Waals surface area contributed by atoms with Gasteiger partial charge in [0.15, 0.2) is 11.5 Å². The van der Waals surface area contributed by atoms with Gasteiger partial charge in [0.2, 0.25) is 0 Å². The second kappa shape index (κ2) is 5.63. The van der Waals surface area contributed by atoms with Gasteiger partial charge in [-0.3, -0.25) is 4.79 Å². The first-order chi connectivity index (χ1) is 9.13. The molecule has 100 valence electrons. The number of phenolic OH excluding ortho intramolecular Hbond substituents is 2. The van der Waals surface area contributed by atoms with Crippen LogP contribution in [0.4, 0.5) is 0 Å². The second-order valence-corrected chi connectivity index (χ2v) is 4.34. The van der Waals surface area contributed by atoms with Crippen molar-refractivity contribution in [3.8, 4) is 23.8 Å². The zero-order chi connectivity index (χ0) is 13.8. The van der Waals surface area contributed by atoms with Crippen molar-refractivity contribution >= 4 is 5.91 Å². The first-order valence-corrected chi connectivity index (χ1v) is 6.03. The van der Waals surface area contributed by atoms with Gasteiger partial charge in [0, 0.05) is 6.61 Å². The lowest BCUT2D eigenvalue weighted by atomic mass is 10.1. The molecule has 1 aromatic rings. The van der Waals surface area contributed by atoms with Crippen molar-refractivity contribution in [3.05, 3.63) is 23.8 Å². The Kier molecular flexibility index (Phi) is 3.93. The monoisotopic (exact) mass is 261 g/mol. The number of benzene rings is 1. The maximum Gasteiger partial charge on any atom is 0.256 e. The van der Waals surface area contributed by atoms with E-state index < -0.39 is 17.7 Å². The van der Waals surface area contributed by atoms with E-state index in [1.54, 1.807) is 0 Å². The number of hydrogen-bond acceptors (Lipinski definition) is 4. The smallest absolute Gasteiger partial charge is 0.256 e. The van der Waals surface area contributed by atoms with Gasteiger partial charge < -0.3 is 20.3 Å². The van der Waals surface area contributed by atoms with Crippen molar-refractivity contribution < 1.29 is 19.7 Å². The van der Waals surface area contributed by atoms with Crippen LogP contribution in [0.5, 0.6) is 11.5 Å². The molecule has 0 aromatic heterocycles. The van der Waals surface area contributed by atoms with E-state index in [1.807, 2.05) is 0 Å². The fourth-order valence-corrected chi connectivity index (χ4v) is 2.04. The molecule has 0 radical (unpaired) electrons. The molecule has 2 atom stereocenters. The van der Waals surface area contributed by atoms with Crippen LogP contribution in [0, 0.1) is 12.3 Å². The third-order valence-electron chi connectivity index (χ3n) is 3.06. The molecule has 0 spiro atoms. The van der Waals surface area contributed by atoms with Gasteiger partial charge in [-0.25, -0.2) is 0 Å². The molecule has 1 amide bonds. The third-order valence-corrected chi connectivity index (χ3v) is 3.06. The Morgan fingerprint density at radius 2 is 2.32 bits per heavy atom. The zero-order valence-electron chi connectivity index (χ0n) is 10.3. The van der Waals surface area contributed by atoms with E-state index in [0.717, 1.165) is 12.8 Å². The Morgan fingerprint density at radius 3 is 2.95 bits per heavy atom. The van der Waals surface area contributed by atoms with Gasteiger partial charge in [-0.1, -0.05) is 12.0 Å². The van der Waals surface area contributed by atoms with Gasteiger partial charge in [0.1, 0.15) is 6.04 Å². The third kappa shape index (κ3) is 2.80. The molecule has 5 heteroatoms. The SMILES string of the molecule is C#C[C@@H](NC(=O)c1cccc(O)c1O)[C@@H]1CCCO1. The van der Waals surface area contributed by atoms with Crippen LogP contribution in [0.15, 0.2) is 18.2 Å². The average Bonchev–Trinajstić information content (AvgIpc) is 2.92. The normalized spacial score (nSPS) is 19.6. The van der Waals surface area contributed by atoms with E-state index in [1.165, 1.54) is 18.2 Å². The Balaban J connectivity index is 2.11. The zero-order valence-corrected chi connectivity index (χ0v) is 10.3. The van der Waals surface area contributed by atoms with Crippen LogP contribution < -0.4 is 5.32 Å². The minimum atomic E-state index is -0.545. The number of rotatable bonds is 3. The number of para-hydroxylation sites is 1. The molecular formula is C14H15NO4. The molecule has 1 heterocycles. The fourth-order valence-electron chi connectivity index (χ4n) is 2.04. The molecule has 1 fully saturated rings. The van der Waals surface area contributed by atoms with Crippen molar-refractivity contribution in [2.75, 3.05) is 6.61 Å². The van der Waals surface area contributed by atoms with Crippen LogP contribution in [0.25, 0.3) is 0 Å². The molecule has 0 bridgehead atoms. The minimum absolute atomic E-state index is 0.0155. The summed E-state index contributed by atoms with van der Waals surface area (Å²) in [6, 6.07) is 3.64. The topological polar surface area (TPSA) is 78.8 Å². The van der Waals surface area contributed by atoms with E-state index in [4.69, 9.17) is 11.2 Å². The first kappa shape index (κ1) is 13.2. The summed E-state index contributed by atoms with van der Waals surface area (Å²) in [5.74, 6) is 1.14. The number of nitrogens with one attached hydrogen (secondary N) is 1. The summed E-state index contributed by atoms with van der Waals surface area (Å²) in [5.41, 5.74) is -0.0155. The fraction of sp³-hybridized carbons (Fsp3) is 0.357. The van der Waals surface area contributed by atoms with Crippen LogP contribution >= 0.6 is 0 Å². The summed E-state index contributed by atoms with van der Waals surface area (Å²) >= 11 is 0. The molecule has 1 aliphatic heterocycles. The molecule has 2 rings (SSSR count). The summed E-state index contributed by atoms with van der Waals surface area (Å²) in [7, 11) is 0. The molecule has 1 aliphatic rings. The largest absolute Gasteiger partial charge is 0.504 e. The van der Waals surface area contributed by atoms with Gasteiger partial charge >= 0.3 is 0 Å². The minimum Gasteiger partial charge on any atom is -0.504 e. The van der Waals surface area contributed by atoms with Crippen LogP contribution in [0.1, 0.15) is 23.2 Å². The van der Waals surface area contributed by atoms with Crippen molar-refractivity contribution in [2.45, 2.75) is 25.0 Å². The van der Waals surface area contributed by atoms with Gasteiger partial charge in [-0.05, 0) is 25.0 Å². The molecule has 3 N–H and O–H groups in total. The molecule has 19 heavy (non-hydrogen) atoms. The molecule has 0 aliphatic carbocycles. The van der Waals surface area contributed by atoms with Crippen LogP contribution in [0.2, 0.25) is 0 Å². The molecule has 5 nitrogen and oxygen atoms in total. The summed E-state index contributed by atoms with van der Waals surface area (Å²) < 4.78 is 5.43. The van der Waals surface area contributed by atoms with Crippen molar-refractivity contribution in [2.24, 2.45) is 0 Å². The molecule has 0 unspecified atom stereocenters. The van der Waals surface area contributed by atoms with Gasteiger partial charge in [-0.2, -0.15) is 0 Å². The number of aromatic hydroxyl groups is 2. The highest BCUT2D eigenvalue weighted by Crippen LogP contribution is 2.28. The Hall–Kier alpha value is -2.19. The molecule has 1 saturated heterocycles. The molecular weight excluding hydrogens is 246 g/mol. The van der Waals surface area contributed by atoms with Crippen LogP contribution in [0.3, 0.4) is 0 Å². The van der Waals surface area contributed by atoms with E-state index >= 15 is 0 Å². The second-order valence-electron chi connectivity index (χ2n) is 4.34. The summed E-state index contributed by atoms with van der Waals surface area (Å²) in [6.07, 6.45) is 6.90. The van der Waals surface area contributed by atoms with E-state index in [-0.39, 0.29) is 17.4 Å². The summed E-state index contributed by atoms with van der Waals surface area (Å²) in [4.78, 5) is 12.0. The lowest BCUT2D eigenvalue weighted by molar-refractivity contribution is 0.0774. The van der Waals surface area contributed by atoms with E-state index in [0.29, 0.717) is 6.61 Å². The lowest BCUT2D eigenvalue weighted by Gasteiger charge is -2.19. The summed E-state index contributed by atoms with van der Waals surface area (Å²) in [5, 5.41) is 21.6. The first-order valence-electron chi connectivity index (χ1n) is 6.03. The number of carbonyl (C=O) groups is 1. The number of hydrogen-bond donors (Lipinski definition) is 3. The van der Waals surface area contributed by atoms with Crippen molar-refractivity contribution in [1.29, 1.82) is 0 Å². The number of ether oxygens (including phenoxy) is 1. The quantitative estimate of drug-likeness (QED) is 0.560. The predicted molar refractivity (Wildman–Crippen MR) is 68.8 cm³/mol. The maximum absolute atomic E-state index is 12.0. The van der Waals surface area contributed by atoms with Gasteiger partial charge in [0.05, 0.1) is 11.7 Å². The highest BCUT2D eigenvalue weighted by Gasteiger charge is 2.27. The van der Waals surface area contributed by atoms with E-state index in [9.17, 15) is 15.0 Å². The Labute approximate surface area is 111 Å². The predicted octanol–water partition coefficient (Wildman–Crippen LogP) is 1.01. The van der Waals surface area contributed by atoms with Crippen LogP contribution in [-0.4, -0.2) is 34.9 Å². The lowest BCUT2D eigenvalue weighted by Crippen LogP contribution is -2.42. The maximum atomic E-state index is 12.0. The Bertz CT molecular complexity index is 515. The highest BCUT2D eigenvalue weighted by atomic mass is 16.5.